The number of aromatic nitrogens is 1. The molecule has 1 aromatic heterocycles. The van der Waals surface area contributed by atoms with Crippen LogP contribution in [0.2, 0.25) is 0 Å². The summed E-state index contributed by atoms with van der Waals surface area (Å²) in [4.78, 5) is 75.5. The molecular formula is C24H33N7O8. The molecule has 0 aliphatic rings. The van der Waals surface area contributed by atoms with Gasteiger partial charge in [-0.05, 0) is 25.0 Å². The second-order valence-corrected chi connectivity index (χ2v) is 9.03. The van der Waals surface area contributed by atoms with E-state index in [4.69, 9.17) is 17.2 Å². The number of aliphatic hydroxyl groups is 1. The first kappa shape index (κ1) is 30.7. The monoisotopic (exact) mass is 547 g/mol. The molecule has 0 fully saturated rings. The minimum atomic E-state index is -1.63. The highest BCUT2D eigenvalue weighted by molar-refractivity contribution is 5.96. The highest BCUT2D eigenvalue weighted by Gasteiger charge is 2.33. The van der Waals surface area contributed by atoms with Gasteiger partial charge in [-0.1, -0.05) is 18.2 Å². The molecule has 1 heterocycles. The lowest BCUT2D eigenvalue weighted by Crippen LogP contribution is -2.60. The van der Waals surface area contributed by atoms with Crippen molar-refractivity contribution in [2.45, 2.75) is 62.9 Å². The van der Waals surface area contributed by atoms with Crippen LogP contribution in [-0.2, 0) is 35.2 Å². The second kappa shape index (κ2) is 13.9. The minimum Gasteiger partial charge on any atom is -0.480 e. The molecule has 0 aliphatic heterocycles. The van der Waals surface area contributed by atoms with E-state index in [1.165, 1.54) is 6.92 Å². The van der Waals surface area contributed by atoms with Crippen LogP contribution in [0.15, 0.2) is 30.5 Å². The number of carbonyl (C=O) groups excluding carboxylic acids is 5. The number of primary amides is 2. The molecule has 0 bridgehead atoms. The molecule has 15 heteroatoms. The number of carboxylic acid groups (broad SMARTS) is 1. The van der Waals surface area contributed by atoms with Gasteiger partial charge in [0.25, 0.3) is 0 Å². The zero-order valence-corrected chi connectivity index (χ0v) is 21.2. The number of carbonyl (C=O) groups is 6. The first-order chi connectivity index (χ1) is 18.3. The van der Waals surface area contributed by atoms with Crippen molar-refractivity contribution in [2.24, 2.45) is 17.2 Å². The van der Waals surface area contributed by atoms with Crippen molar-refractivity contribution in [2.75, 3.05) is 0 Å². The van der Waals surface area contributed by atoms with Gasteiger partial charge >= 0.3 is 5.97 Å². The molecular weight excluding hydrogens is 514 g/mol. The van der Waals surface area contributed by atoms with Crippen molar-refractivity contribution in [3.8, 4) is 0 Å². The number of nitrogens with one attached hydrogen (secondary N) is 4. The predicted octanol–water partition coefficient (Wildman–Crippen LogP) is -2.90. The Hall–Kier alpha value is -4.50. The molecule has 39 heavy (non-hydrogen) atoms. The summed E-state index contributed by atoms with van der Waals surface area (Å²) in [5.41, 5.74) is 17.3. The molecule has 2 aromatic rings. The number of carboxylic acids is 1. The Morgan fingerprint density at radius 3 is 2.15 bits per heavy atom. The van der Waals surface area contributed by atoms with Gasteiger partial charge in [0.05, 0.1) is 18.6 Å². The van der Waals surface area contributed by atoms with Crippen molar-refractivity contribution < 1.29 is 39.0 Å². The van der Waals surface area contributed by atoms with Crippen molar-refractivity contribution >= 4 is 46.4 Å². The van der Waals surface area contributed by atoms with E-state index in [0.717, 1.165) is 10.9 Å². The van der Waals surface area contributed by atoms with Crippen LogP contribution in [0.3, 0.4) is 0 Å². The minimum absolute atomic E-state index is 0.0740. The third kappa shape index (κ3) is 9.08. The number of aromatic amines is 1. The molecule has 5 amide bonds. The molecule has 0 saturated carbocycles. The fourth-order valence-corrected chi connectivity index (χ4v) is 3.78. The Bertz CT molecular complexity index is 1230. The molecule has 1 aromatic carbocycles. The van der Waals surface area contributed by atoms with E-state index in [9.17, 15) is 39.0 Å². The molecule has 15 nitrogen and oxygen atoms in total. The molecule has 212 valence electrons. The fraction of sp³-hybridized carbons (Fsp3) is 0.417. The zero-order chi connectivity index (χ0) is 29.3. The fourth-order valence-electron chi connectivity index (χ4n) is 3.78. The zero-order valence-electron chi connectivity index (χ0n) is 21.2. The van der Waals surface area contributed by atoms with Crippen LogP contribution in [0.4, 0.5) is 0 Å². The standard InChI is InChI=1S/C24H33N7O8/c1-11(32)20(23(37)29-16(24(38)39)6-7-18(26)33)31-22(36)17(30-21(35)14(25)9-19(27)34)8-12-10-28-15-5-3-2-4-13(12)15/h2-5,10-11,14,16-17,20,28,32H,6-9,25H2,1H3,(H2,26,33)(H2,27,34)(H,29,37)(H,30,35)(H,31,36)(H,38,39). The van der Waals surface area contributed by atoms with Crippen LogP contribution in [0.25, 0.3) is 10.9 Å². The normalized spacial score (nSPS) is 14.8. The van der Waals surface area contributed by atoms with E-state index in [2.05, 4.69) is 20.9 Å². The molecule has 5 atom stereocenters. The average molecular weight is 548 g/mol. The van der Waals surface area contributed by atoms with E-state index in [1.54, 1.807) is 30.5 Å². The van der Waals surface area contributed by atoms with Gasteiger partial charge in [0.1, 0.15) is 18.1 Å². The largest absolute Gasteiger partial charge is 0.480 e. The molecule has 2 rings (SSSR count). The van der Waals surface area contributed by atoms with Gasteiger partial charge in [0.15, 0.2) is 0 Å². The van der Waals surface area contributed by atoms with Gasteiger partial charge in [0, 0.05) is 29.9 Å². The lowest BCUT2D eigenvalue weighted by Gasteiger charge is -2.26. The lowest BCUT2D eigenvalue weighted by atomic mass is 10.0. The summed E-state index contributed by atoms with van der Waals surface area (Å²) in [5, 5.41) is 27.2. The molecule has 0 spiro atoms. The number of hydrogen-bond acceptors (Lipinski definition) is 8. The van der Waals surface area contributed by atoms with Crippen molar-refractivity contribution in [3.63, 3.8) is 0 Å². The van der Waals surface area contributed by atoms with Gasteiger partial charge in [-0.15, -0.1) is 0 Å². The molecule has 0 radical (unpaired) electrons. The predicted molar refractivity (Wildman–Crippen MR) is 137 cm³/mol. The summed E-state index contributed by atoms with van der Waals surface area (Å²) in [6.45, 7) is 1.19. The van der Waals surface area contributed by atoms with E-state index < -0.39 is 72.2 Å². The first-order valence-electron chi connectivity index (χ1n) is 12.0. The highest BCUT2D eigenvalue weighted by atomic mass is 16.4. The van der Waals surface area contributed by atoms with E-state index in [0.29, 0.717) is 5.56 Å². The Morgan fingerprint density at radius 1 is 0.923 bits per heavy atom. The lowest BCUT2D eigenvalue weighted by molar-refractivity contribution is -0.143. The Balaban J connectivity index is 2.27. The summed E-state index contributed by atoms with van der Waals surface area (Å²) in [6.07, 6.45) is -1.04. The Labute approximate surface area is 222 Å². The third-order valence-electron chi connectivity index (χ3n) is 5.85. The molecule has 0 saturated heterocycles. The molecule has 5 unspecified atom stereocenters. The summed E-state index contributed by atoms with van der Waals surface area (Å²) in [6, 6.07) is 1.36. The van der Waals surface area contributed by atoms with Crippen molar-refractivity contribution in [1.29, 1.82) is 0 Å². The van der Waals surface area contributed by atoms with Gasteiger partial charge in [0.2, 0.25) is 29.5 Å². The maximum Gasteiger partial charge on any atom is 0.326 e. The summed E-state index contributed by atoms with van der Waals surface area (Å²) in [5.74, 6) is -5.85. The second-order valence-electron chi connectivity index (χ2n) is 9.03. The number of fused-ring (bicyclic) bond motifs is 1. The number of aliphatic carboxylic acids is 1. The topological polar surface area (TPSA) is 273 Å². The highest BCUT2D eigenvalue weighted by Crippen LogP contribution is 2.19. The maximum atomic E-state index is 13.3. The number of benzene rings is 1. The molecule has 0 aliphatic carbocycles. The molecule has 12 N–H and O–H groups in total. The number of aliphatic hydroxyl groups excluding tert-OH is 1. The van der Waals surface area contributed by atoms with Crippen LogP contribution < -0.4 is 33.2 Å². The van der Waals surface area contributed by atoms with Crippen LogP contribution in [0.5, 0.6) is 0 Å². The number of rotatable bonds is 15. The number of amides is 5. The van der Waals surface area contributed by atoms with Crippen LogP contribution >= 0.6 is 0 Å². The summed E-state index contributed by atoms with van der Waals surface area (Å²) < 4.78 is 0. The number of nitrogens with two attached hydrogens (primary N) is 3. The van der Waals surface area contributed by atoms with Crippen molar-refractivity contribution in [1.82, 2.24) is 20.9 Å². The number of hydrogen-bond donors (Lipinski definition) is 9. The average Bonchev–Trinajstić information content (AvgIpc) is 3.26. The van der Waals surface area contributed by atoms with E-state index in [1.807, 2.05) is 0 Å². The van der Waals surface area contributed by atoms with E-state index >= 15 is 0 Å². The van der Waals surface area contributed by atoms with Gasteiger partial charge in [-0.3, -0.25) is 24.0 Å². The summed E-state index contributed by atoms with van der Waals surface area (Å²) in [7, 11) is 0. The Kier molecular flexibility index (Phi) is 10.9. The van der Waals surface area contributed by atoms with E-state index in [-0.39, 0.29) is 19.3 Å². The first-order valence-corrected chi connectivity index (χ1v) is 12.0. The van der Waals surface area contributed by atoms with Gasteiger partial charge in [-0.25, -0.2) is 4.79 Å². The third-order valence-corrected chi connectivity index (χ3v) is 5.85. The van der Waals surface area contributed by atoms with Crippen LogP contribution in [0, 0.1) is 0 Å². The van der Waals surface area contributed by atoms with Crippen molar-refractivity contribution in [3.05, 3.63) is 36.0 Å². The smallest absolute Gasteiger partial charge is 0.326 e. The summed E-state index contributed by atoms with van der Waals surface area (Å²) >= 11 is 0. The quantitative estimate of drug-likeness (QED) is 0.110. The maximum absolute atomic E-state index is 13.3. The number of H-pyrrole nitrogens is 1. The Morgan fingerprint density at radius 2 is 1.56 bits per heavy atom. The van der Waals surface area contributed by atoms with Gasteiger partial charge < -0.3 is 48.3 Å². The van der Waals surface area contributed by atoms with Crippen LogP contribution in [0.1, 0.15) is 31.7 Å². The van der Waals surface area contributed by atoms with Gasteiger partial charge in [-0.2, -0.15) is 0 Å². The SMILES string of the molecule is CC(O)C(NC(=O)C(Cc1c[nH]c2ccccc12)NC(=O)C(N)CC(N)=O)C(=O)NC(CCC(N)=O)C(=O)O. The van der Waals surface area contributed by atoms with Crippen LogP contribution in [-0.4, -0.2) is 81.0 Å². The number of para-hydroxylation sites is 1.